The first-order valence-electron chi connectivity index (χ1n) is 8.13. The van der Waals surface area contributed by atoms with Crippen molar-refractivity contribution in [2.45, 2.75) is 25.4 Å². The molecule has 123 valence electrons. The number of carbonyl (C=O) groups is 2. The van der Waals surface area contributed by atoms with Crippen LogP contribution in [0.2, 0.25) is 12.1 Å². The highest BCUT2D eigenvalue weighted by atomic mass is 28.3. The van der Waals surface area contributed by atoms with E-state index in [1.165, 1.54) is 17.0 Å². The van der Waals surface area contributed by atoms with Crippen LogP contribution < -0.4 is 0 Å². The molecule has 0 aliphatic carbocycles. The zero-order valence-electron chi connectivity index (χ0n) is 13.6. The zero-order chi connectivity index (χ0) is 17.1. The zero-order valence-corrected chi connectivity index (χ0v) is 14.6. The lowest BCUT2D eigenvalue weighted by molar-refractivity contribution is 0.0679. The fourth-order valence-corrected chi connectivity index (χ4v) is 5.06. The van der Waals surface area contributed by atoms with Gasteiger partial charge < -0.3 is 0 Å². The van der Waals surface area contributed by atoms with Crippen molar-refractivity contribution >= 4 is 20.6 Å². The van der Waals surface area contributed by atoms with Crippen molar-refractivity contribution in [2.24, 2.45) is 0 Å². The van der Waals surface area contributed by atoms with E-state index < -0.39 is 8.80 Å². The summed E-state index contributed by atoms with van der Waals surface area (Å²) < 4.78 is 13.0. The molecule has 0 atom stereocenters. The molecule has 24 heavy (non-hydrogen) atoms. The third-order valence-electron chi connectivity index (χ3n) is 4.44. The smallest absolute Gasteiger partial charge is 0.261 e. The molecule has 0 bridgehead atoms. The second kappa shape index (κ2) is 7.09. The van der Waals surface area contributed by atoms with Crippen molar-refractivity contribution in [3.63, 3.8) is 0 Å². The fourth-order valence-electron chi connectivity index (χ4n) is 2.95. The largest absolute Gasteiger partial charge is 0.278 e. The van der Waals surface area contributed by atoms with E-state index in [0.717, 1.165) is 24.1 Å². The van der Waals surface area contributed by atoms with Gasteiger partial charge in [-0.1, -0.05) is 43.3 Å². The van der Waals surface area contributed by atoms with Gasteiger partial charge in [-0.05, 0) is 36.2 Å². The summed E-state index contributed by atoms with van der Waals surface area (Å²) in [6.45, 7) is 2.11. The molecule has 0 unspecified atom stereocenters. The van der Waals surface area contributed by atoms with Crippen LogP contribution in [0.3, 0.4) is 0 Å². The molecular weight excluding hydrogens is 321 g/mol. The molecule has 0 aromatic heterocycles. The van der Waals surface area contributed by atoms with E-state index in [1.54, 1.807) is 36.4 Å². The van der Waals surface area contributed by atoms with E-state index in [1.807, 2.05) is 0 Å². The molecule has 0 fully saturated rings. The summed E-state index contributed by atoms with van der Waals surface area (Å²) in [7, 11) is -0.866. The summed E-state index contributed by atoms with van der Waals surface area (Å²) in [5.41, 5.74) is 2.12. The maximum absolute atomic E-state index is 13.0. The van der Waals surface area contributed by atoms with E-state index in [4.69, 9.17) is 0 Å². The first-order chi connectivity index (χ1) is 11.6. The third kappa shape index (κ3) is 3.31. The Labute approximate surface area is 142 Å². The number of hydrogen-bond acceptors (Lipinski definition) is 2. The Kier molecular flexibility index (Phi) is 4.90. The van der Waals surface area contributed by atoms with Crippen LogP contribution in [0.5, 0.6) is 0 Å². The van der Waals surface area contributed by atoms with Crippen LogP contribution in [-0.4, -0.2) is 31.7 Å². The Morgan fingerprint density at radius 1 is 0.958 bits per heavy atom. The van der Waals surface area contributed by atoms with Crippen molar-refractivity contribution in [3.8, 4) is 0 Å². The molecule has 2 aromatic rings. The Hall–Kier alpha value is -2.27. The van der Waals surface area contributed by atoms with Crippen molar-refractivity contribution < 1.29 is 14.0 Å². The average molecular weight is 340 g/mol. The highest BCUT2D eigenvalue weighted by Gasteiger charge is 2.36. The van der Waals surface area contributed by atoms with Gasteiger partial charge in [0.2, 0.25) is 0 Å². The van der Waals surface area contributed by atoms with Gasteiger partial charge in [-0.15, -0.1) is 0 Å². The van der Waals surface area contributed by atoms with Gasteiger partial charge in [0.25, 0.3) is 11.8 Å². The van der Waals surface area contributed by atoms with Gasteiger partial charge in [-0.3, -0.25) is 14.5 Å². The van der Waals surface area contributed by atoms with Crippen LogP contribution >= 0.6 is 0 Å². The minimum absolute atomic E-state index is 0.173. The van der Waals surface area contributed by atoms with Crippen LogP contribution in [0.25, 0.3) is 0 Å². The maximum Gasteiger partial charge on any atom is 0.261 e. The normalized spacial score (nSPS) is 13.7. The van der Waals surface area contributed by atoms with Crippen LogP contribution in [0.1, 0.15) is 33.2 Å². The molecular formula is C19H19FNO2Si. The molecule has 0 saturated heterocycles. The van der Waals surface area contributed by atoms with Gasteiger partial charge in [0, 0.05) is 6.17 Å². The molecule has 0 N–H and O–H groups in total. The summed E-state index contributed by atoms with van der Waals surface area (Å²) in [6, 6.07) is 15.5. The van der Waals surface area contributed by atoms with E-state index in [9.17, 15) is 14.0 Å². The van der Waals surface area contributed by atoms with E-state index in [-0.39, 0.29) is 17.6 Å². The fraction of sp³-hybridized carbons (Fsp3) is 0.263. The molecule has 1 radical (unpaired) electrons. The van der Waals surface area contributed by atoms with Crippen molar-refractivity contribution in [1.82, 2.24) is 4.90 Å². The quantitative estimate of drug-likeness (QED) is 0.594. The lowest BCUT2D eigenvalue weighted by Gasteiger charge is -2.20. The predicted octanol–water partition coefficient (Wildman–Crippen LogP) is 3.72. The van der Waals surface area contributed by atoms with Crippen molar-refractivity contribution in [3.05, 3.63) is 71.0 Å². The SMILES string of the molecule is CC[Si](CCc1ccc(F)cc1)CN1C(=O)c2ccccc2C1=O. The number of hydrogen-bond donors (Lipinski definition) is 0. The number of carbonyl (C=O) groups excluding carboxylic acids is 2. The van der Waals surface area contributed by atoms with E-state index >= 15 is 0 Å². The first-order valence-corrected chi connectivity index (χ1v) is 10.3. The second-order valence-electron chi connectivity index (χ2n) is 5.97. The first kappa shape index (κ1) is 16.6. The van der Waals surface area contributed by atoms with Crippen molar-refractivity contribution in [2.75, 3.05) is 6.17 Å². The molecule has 3 rings (SSSR count). The molecule has 5 heteroatoms. The number of halogens is 1. The molecule has 2 aromatic carbocycles. The molecule has 1 heterocycles. The van der Waals surface area contributed by atoms with Crippen LogP contribution in [-0.2, 0) is 6.42 Å². The lowest BCUT2D eigenvalue weighted by Crippen LogP contribution is -2.39. The predicted molar refractivity (Wildman–Crippen MR) is 93.0 cm³/mol. The summed E-state index contributed by atoms with van der Waals surface area (Å²) >= 11 is 0. The number of nitrogens with zero attached hydrogens (tertiary/aromatic N) is 1. The molecule has 2 amide bonds. The summed E-state index contributed by atoms with van der Waals surface area (Å²) in [5, 5.41) is 0. The molecule has 1 aliphatic rings. The Morgan fingerprint density at radius 3 is 2.08 bits per heavy atom. The highest BCUT2D eigenvalue weighted by molar-refractivity contribution is 6.59. The summed E-state index contributed by atoms with van der Waals surface area (Å²) in [6.07, 6.45) is 1.39. The highest BCUT2D eigenvalue weighted by Crippen LogP contribution is 2.23. The third-order valence-corrected chi connectivity index (χ3v) is 7.16. The minimum atomic E-state index is -0.866. The number of benzene rings is 2. The summed E-state index contributed by atoms with van der Waals surface area (Å²) in [5.74, 6) is -0.576. The van der Waals surface area contributed by atoms with Crippen LogP contribution in [0, 0.1) is 5.82 Å². The minimum Gasteiger partial charge on any atom is -0.278 e. The number of aryl methyl sites for hydroxylation is 1. The van der Waals surface area contributed by atoms with E-state index in [2.05, 4.69) is 6.92 Å². The Morgan fingerprint density at radius 2 is 1.54 bits per heavy atom. The second-order valence-corrected chi connectivity index (χ2v) is 9.00. The number of rotatable bonds is 6. The topological polar surface area (TPSA) is 37.4 Å². The van der Waals surface area contributed by atoms with Crippen LogP contribution in [0.4, 0.5) is 4.39 Å². The van der Waals surface area contributed by atoms with Gasteiger partial charge in [-0.25, -0.2) is 4.39 Å². The lowest BCUT2D eigenvalue weighted by atomic mass is 10.1. The summed E-state index contributed by atoms with van der Waals surface area (Å²) in [4.78, 5) is 26.3. The standard InChI is InChI=1S/C19H19FNO2Si/c1-2-24(12-11-14-7-9-15(20)10-8-14)13-21-18(22)16-5-3-4-6-17(16)19(21)23/h3-10H,2,11-13H2,1H3. The monoisotopic (exact) mass is 340 g/mol. The Balaban J connectivity index is 1.65. The molecule has 0 spiro atoms. The van der Waals surface area contributed by atoms with Crippen molar-refractivity contribution in [1.29, 1.82) is 0 Å². The maximum atomic E-state index is 13.0. The number of fused-ring (bicyclic) bond motifs is 1. The van der Waals surface area contributed by atoms with Gasteiger partial charge >= 0.3 is 0 Å². The molecule has 0 saturated carbocycles. The van der Waals surface area contributed by atoms with Gasteiger partial charge in [0.05, 0.1) is 19.9 Å². The van der Waals surface area contributed by atoms with Gasteiger partial charge in [-0.2, -0.15) is 0 Å². The number of imide groups is 1. The Bertz CT molecular complexity index is 725. The van der Waals surface area contributed by atoms with E-state index in [0.29, 0.717) is 17.3 Å². The van der Waals surface area contributed by atoms with Gasteiger partial charge in [0.1, 0.15) is 5.82 Å². The van der Waals surface area contributed by atoms with Gasteiger partial charge in [0.15, 0.2) is 0 Å². The molecule has 1 aliphatic heterocycles. The average Bonchev–Trinajstić information content (AvgIpc) is 2.85. The van der Waals surface area contributed by atoms with Crippen LogP contribution in [0.15, 0.2) is 48.5 Å². The molecule has 3 nitrogen and oxygen atoms in total. The number of amides is 2.